The Labute approximate surface area is 316 Å². The van der Waals surface area contributed by atoms with Gasteiger partial charge in [-0.3, -0.25) is 0 Å². The van der Waals surface area contributed by atoms with Crippen molar-refractivity contribution in [2.75, 3.05) is 0 Å². The molecular weight excluding hydrogens is 649 g/mol. The molecule has 9 aromatic rings. The van der Waals surface area contributed by atoms with Crippen molar-refractivity contribution < 1.29 is 0 Å². The van der Waals surface area contributed by atoms with E-state index in [-0.39, 0.29) is 10.8 Å². The van der Waals surface area contributed by atoms with Crippen LogP contribution in [-0.2, 0) is 10.8 Å². The quantitative estimate of drug-likeness (QED) is 0.159. The monoisotopic (exact) mass is 686 g/mol. The molecule has 0 nitrogen and oxygen atoms in total. The Morgan fingerprint density at radius 1 is 0.259 bits per heavy atom. The van der Waals surface area contributed by atoms with Crippen LogP contribution in [0.1, 0.15) is 49.9 Å². The van der Waals surface area contributed by atoms with E-state index in [1.165, 1.54) is 121 Å². The normalized spacial score (nSPS) is 15.0. The van der Waals surface area contributed by atoms with E-state index in [4.69, 9.17) is 0 Å². The standard InChI is InChI=1S/C54H38/c1-53(2)48-19-10-9-16-38(48)39-23-20-31(26-49(39)53)32-21-24-40-41-25-22-33(28-51(41)54(3,4)50(40)27-32)44-29-46-43-18-11-17-42-34-12-5-8-15-37(34)47(52(42)43)30-45(46)36-14-7-6-13-35(36)44/h5-30H,1-4H3. The highest BCUT2D eigenvalue weighted by Gasteiger charge is 2.38. The molecule has 0 heteroatoms. The SMILES string of the molecule is CC1(C)c2ccccc2-c2ccc(-c3ccc4c(c3)C(C)(C)c3cc(-c5cc6c7cccc8c7c(cc6c6ccccc56)-c5ccccc5-8)ccc3-4)cc21. The molecule has 0 spiro atoms. The molecule has 0 bridgehead atoms. The van der Waals surface area contributed by atoms with Gasteiger partial charge in [0.2, 0.25) is 0 Å². The molecule has 3 aliphatic carbocycles. The lowest BCUT2D eigenvalue weighted by Gasteiger charge is -2.24. The Morgan fingerprint density at radius 3 is 1.39 bits per heavy atom. The van der Waals surface area contributed by atoms with E-state index in [2.05, 4.69) is 185 Å². The lowest BCUT2D eigenvalue weighted by Crippen LogP contribution is -2.15. The Morgan fingerprint density at radius 2 is 0.704 bits per heavy atom. The van der Waals surface area contributed by atoms with Crippen LogP contribution in [-0.4, -0.2) is 0 Å². The molecule has 0 unspecified atom stereocenters. The topological polar surface area (TPSA) is 0 Å². The maximum absolute atomic E-state index is 2.49. The van der Waals surface area contributed by atoms with Crippen molar-refractivity contribution in [1.29, 1.82) is 0 Å². The second kappa shape index (κ2) is 10.2. The van der Waals surface area contributed by atoms with Gasteiger partial charge in [-0.25, -0.2) is 0 Å². The minimum Gasteiger partial charge on any atom is -0.0619 e. The van der Waals surface area contributed by atoms with Gasteiger partial charge in [0.05, 0.1) is 0 Å². The zero-order valence-electron chi connectivity index (χ0n) is 31.0. The molecule has 0 atom stereocenters. The Kier molecular flexibility index (Phi) is 5.74. The van der Waals surface area contributed by atoms with Crippen LogP contribution >= 0.6 is 0 Å². The molecule has 0 heterocycles. The summed E-state index contributed by atoms with van der Waals surface area (Å²) in [5.41, 5.74) is 21.5. The van der Waals surface area contributed by atoms with Gasteiger partial charge >= 0.3 is 0 Å². The van der Waals surface area contributed by atoms with E-state index in [9.17, 15) is 0 Å². The first-order chi connectivity index (χ1) is 26.3. The third kappa shape index (κ3) is 3.78. The molecule has 9 aromatic carbocycles. The predicted molar refractivity (Wildman–Crippen MR) is 229 cm³/mol. The molecule has 12 rings (SSSR count). The summed E-state index contributed by atoms with van der Waals surface area (Å²) in [7, 11) is 0. The fraction of sp³-hybridized carbons (Fsp3) is 0.111. The van der Waals surface area contributed by atoms with Crippen molar-refractivity contribution in [1.82, 2.24) is 0 Å². The first-order valence-corrected chi connectivity index (χ1v) is 19.3. The van der Waals surface area contributed by atoms with Crippen LogP contribution in [0.25, 0.3) is 99.1 Å². The van der Waals surface area contributed by atoms with E-state index >= 15 is 0 Å². The van der Waals surface area contributed by atoms with Crippen molar-refractivity contribution in [3.05, 3.63) is 180 Å². The van der Waals surface area contributed by atoms with Gasteiger partial charge in [-0.05, 0) is 152 Å². The van der Waals surface area contributed by atoms with E-state index in [1.807, 2.05) is 0 Å². The summed E-state index contributed by atoms with van der Waals surface area (Å²) >= 11 is 0. The predicted octanol–water partition coefficient (Wildman–Crippen LogP) is 14.7. The highest BCUT2D eigenvalue weighted by molar-refractivity contribution is 6.28. The van der Waals surface area contributed by atoms with Crippen LogP contribution in [0.15, 0.2) is 158 Å². The Hall–Kier alpha value is -6.24. The molecule has 0 fully saturated rings. The molecule has 3 aliphatic rings. The van der Waals surface area contributed by atoms with Gasteiger partial charge in [-0.15, -0.1) is 0 Å². The van der Waals surface area contributed by atoms with Gasteiger partial charge < -0.3 is 0 Å². The molecule has 0 aromatic heterocycles. The fourth-order valence-corrected chi connectivity index (χ4v) is 10.7. The summed E-state index contributed by atoms with van der Waals surface area (Å²) in [4.78, 5) is 0. The van der Waals surface area contributed by atoms with Crippen molar-refractivity contribution in [2.45, 2.75) is 38.5 Å². The number of hydrogen-bond donors (Lipinski definition) is 0. The largest absolute Gasteiger partial charge is 0.0619 e. The maximum atomic E-state index is 2.49. The van der Waals surface area contributed by atoms with E-state index < -0.39 is 0 Å². The Balaban J connectivity index is 0.999. The zero-order chi connectivity index (χ0) is 36.1. The smallest absolute Gasteiger partial charge is 0.0159 e. The summed E-state index contributed by atoms with van der Waals surface area (Å²) < 4.78 is 0. The number of benzene rings is 9. The van der Waals surface area contributed by atoms with Crippen LogP contribution in [0.2, 0.25) is 0 Å². The second-order valence-corrected chi connectivity index (χ2v) is 16.8. The van der Waals surface area contributed by atoms with Crippen LogP contribution in [0, 0.1) is 0 Å². The van der Waals surface area contributed by atoms with E-state index in [0.717, 1.165) is 0 Å². The van der Waals surface area contributed by atoms with E-state index in [1.54, 1.807) is 0 Å². The van der Waals surface area contributed by atoms with Gasteiger partial charge in [0.1, 0.15) is 0 Å². The molecule has 0 aliphatic heterocycles. The number of rotatable bonds is 2. The zero-order valence-corrected chi connectivity index (χ0v) is 31.0. The second-order valence-electron chi connectivity index (χ2n) is 16.8. The summed E-state index contributed by atoms with van der Waals surface area (Å²) in [6.07, 6.45) is 0. The van der Waals surface area contributed by atoms with Crippen molar-refractivity contribution in [3.8, 4) is 66.8 Å². The third-order valence-corrected chi connectivity index (χ3v) is 13.4. The Bertz CT molecular complexity index is 3150. The molecule has 254 valence electrons. The molecule has 0 amide bonds. The van der Waals surface area contributed by atoms with Gasteiger partial charge in [-0.2, -0.15) is 0 Å². The molecule has 54 heavy (non-hydrogen) atoms. The van der Waals surface area contributed by atoms with Crippen LogP contribution in [0.3, 0.4) is 0 Å². The first kappa shape index (κ1) is 30.2. The average molecular weight is 687 g/mol. The highest BCUT2D eigenvalue weighted by atomic mass is 14.4. The van der Waals surface area contributed by atoms with Crippen LogP contribution < -0.4 is 0 Å². The van der Waals surface area contributed by atoms with Crippen molar-refractivity contribution >= 4 is 32.3 Å². The van der Waals surface area contributed by atoms with Crippen LogP contribution in [0.4, 0.5) is 0 Å². The minimum atomic E-state index is -0.142. The number of fused-ring (bicyclic) bond motifs is 13. The van der Waals surface area contributed by atoms with Gasteiger partial charge in [0.15, 0.2) is 0 Å². The number of hydrogen-bond acceptors (Lipinski definition) is 0. The molecule has 0 saturated carbocycles. The van der Waals surface area contributed by atoms with Crippen LogP contribution in [0.5, 0.6) is 0 Å². The molecule has 0 saturated heterocycles. The van der Waals surface area contributed by atoms with Gasteiger partial charge in [0.25, 0.3) is 0 Å². The van der Waals surface area contributed by atoms with Gasteiger partial charge in [0, 0.05) is 10.8 Å². The molecule has 0 N–H and O–H groups in total. The molecule has 0 radical (unpaired) electrons. The summed E-state index contributed by atoms with van der Waals surface area (Å²) in [6, 6.07) is 60.2. The average Bonchev–Trinajstić information content (AvgIpc) is 3.74. The highest BCUT2D eigenvalue weighted by Crippen LogP contribution is 2.54. The lowest BCUT2D eigenvalue weighted by atomic mass is 9.79. The first-order valence-electron chi connectivity index (χ1n) is 19.3. The molecular formula is C54H38. The van der Waals surface area contributed by atoms with E-state index in [0.29, 0.717) is 0 Å². The fourth-order valence-electron chi connectivity index (χ4n) is 10.7. The third-order valence-electron chi connectivity index (χ3n) is 13.4. The van der Waals surface area contributed by atoms with Crippen molar-refractivity contribution in [2.24, 2.45) is 0 Å². The summed E-state index contributed by atoms with van der Waals surface area (Å²) in [5, 5.41) is 7.98. The minimum absolute atomic E-state index is 0.0183. The summed E-state index contributed by atoms with van der Waals surface area (Å²) in [5.74, 6) is 0. The van der Waals surface area contributed by atoms with Crippen molar-refractivity contribution in [3.63, 3.8) is 0 Å². The summed E-state index contributed by atoms with van der Waals surface area (Å²) in [6.45, 7) is 9.56. The van der Waals surface area contributed by atoms with Gasteiger partial charge in [-0.1, -0.05) is 155 Å². The lowest BCUT2D eigenvalue weighted by molar-refractivity contribution is 0.659. The maximum Gasteiger partial charge on any atom is 0.0159 e.